The van der Waals surface area contributed by atoms with Crippen LogP contribution in [0.2, 0.25) is 0 Å². The van der Waals surface area contributed by atoms with Crippen molar-refractivity contribution >= 4 is 5.78 Å². The molecule has 0 aromatic carbocycles. The van der Waals surface area contributed by atoms with Crippen LogP contribution in [0.15, 0.2) is 11.6 Å². The number of fused-ring (bicyclic) bond motifs is 3. The van der Waals surface area contributed by atoms with Gasteiger partial charge >= 0.3 is 0 Å². The Hall–Kier alpha value is -0.590. The third kappa shape index (κ3) is 0.597. The molecule has 0 saturated heterocycles. The van der Waals surface area contributed by atoms with Gasteiger partial charge in [-0.25, -0.2) is 0 Å². The molecule has 3 aliphatic carbocycles. The van der Waals surface area contributed by atoms with Crippen LogP contribution in [-0.4, -0.2) is 5.78 Å². The van der Waals surface area contributed by atoms with Crippen LogP contribution in [0, 0.1) is 17.8 Å². The summed E-state index contributed by atoms with van der Waals surface area (Å²) < 4.78 is 0. The zero-order valence-electron chi connectivity index (χ0n) is 6.55. The lowest BCUT2D eigenvalue weighted by atomic mass is 9.74. The number of hydrogen-bond acceptors (Lipinski definition) is 1. The van der Waals surface area contributed by atoms with Crippen molar-refractivity contribution in [3.05, 3.63) is 11.6 Å². The molecule has 0 heterocycles. The second-order valence-electron chi connectivity index (χ2n) is 4.12. The number of carbonyl (C=O) groups is 1. The van der Waals surface area contributed by atoms with E-state index in [1.165, 1.54) is 24.8 Å². The van der Waals surface area contributed by atoms with Crippen molar-refractivity contribution in [2.24, 2.45) is 17.8 Å². The molecule has 2 saturated carbocycles. The normalized spacial score (nSPS) is 46.4. The average Bonchev–Trinajstić information content (AvgIpc) is 2.43. The minimum atomic E-state index is 0.405. The highest BCUT2D eigenvalue weighted by Gasteiger charge is 2.48. The molecule has 0 bridgehead atoms. The molecule has 3 rings (SSSR count). The molecular weight excluding hydrogens is 136 g/mol. The third-order valence-electron chi connectivity index (χ3n) is 3.61. The molecule has 0 aromatic heterocycles. The van der Waals surface area contributed by atoms with Crippen LogP contribution in [0.25, 0.3) is 0 Å². The van der Waals surface area contributed by atoms with Gasteiger partial charge in [0.1, 0.15) is 5.78 Å². The highest BCUT2D eigenvalue weighted by atomic mass is 16.1. The maximum Gasteiger partial charge on any atom is 0.144 e. The number of carbonyl (C=O) groups excluding carboxylic acids is 1. The van der Waals surface area contributed by atoms with E-state index < -0.39 is 0 Å². The van der Waals surface area contributed by atoms with Crippen LogP contribution in [-0.2, 0) is 4.79 Å². The Morgan fingerprint density at radius 2 is 2.27 bits per heavy atom. The van der Waals surface area contributed by atoms with Crippen LogP contribution < -0.4 is 0 Å². The van der Waals surface area contributed by atoms with Crippen molar-refractivity contribution in [3.63, 3.8) is 0 Å². The Morgan fingerprint density at radius 3 is 3.09 bits per heavy atom. The van der Waals surface area contributed by atoms with Gasteiger partial charge in [-0.05, 0) is 24.7 Å². The highest BCUT2D eigenvalue weighted by molar-refractivity contribution is 5.95. The first-order valence-corrected chi connectivity index (χ1v) is 4.59. The van der Waals surface area contributed by atoms with Gasteiger partial charge in [0.2, 0.25) is 0 Å². The summed E-state index contributed by atoms with van der Waals surface area (Å²) in [7, 11) is 0. The maximum atomic E-state index is 11.2. The molecule has 58 valence electrons. The molecule has 3 atom stereocenters. The Labute approximate surface area is 66.5 Å². The molecule has 0 radical (unpaired) electrons. The monoisotopic (exact) mass is 148 g/mol. The van der Waals surface area contributed by atoms with E-state index in [9.17, 15) is 4.79 Å². The first-order chi connectivity index (χ1) is 5.36. The Balaban J connectivity index is 1.97. The van der Waals surface area contributed by atoms with Crippen molar-refractivity contribution in [1.82, 2.24) is 0 Å². The largest absolute Gasteiger partial charge is 0.299 e. The lowest BCUT2D eigenvalue weighted by molar-refractivity contribution is -0.126. The van der Waals surface area contributed by atoms with Gasteiger partial charge in [0.05, 0.1) is 0 Å². The topological polar surface area (TPSA) is 17.1 Å². The van der Waals surface area contributed by atoms with Crippen molar-refractivity contribution in [1.29, 1.82) is 0 Å². The van der Waals surface area contributed by atoms with Crippen LogP contribution in [0.1, 0.15) is 25.7 Å². The number of rotatable bonds is 0. The lowest BCUT2D eigenvalue weighted by Crippen LogP contribution is -2.31. The van der Waals surface area contributed by atoms with E-state index >= 15 is 0 Å². The molecule has 0 spiro atoms. The van der Waals surface area contributed by atoms with Gasteiger partial charge in [0.15, 0.2) is 0 Å². The molecular formula is C10H12O. The Bertz CT molecular complexity index is 252. The minimum Gasteiger partial charge on any atom is -0.299 e. The zero-order chi connectivity index (χ0) is 7.42. The Morgan fingerprint density at radius 1 is 1.36 bits per heavy atom. The molecule has 1 heteroatoms. The van der Waals surface area contributed by atoms with Gasteiger partial charge < -0.3 is 0 Å². The molecule has 2 fully saturated rings. The highest BCUT2D eigenvalue weighted by Crippen LogP contribution is 2.52. The zero-order valence-corrected chi connectivity index (χ0v) is 6.55. The molecule has 3 unspecified atom stereocenters. The van der Waals surface area contributed by atoms with Gasteiger partial charge in [0.25, 0.3) is 0 Å². The van der Waals surface area contributed by atoms with Crippen LogP contribution in [0.4, 0.5) is 0 Å². The SMILES string of the molecule is O=C1CC2=CC3CCCC3C12. The van der Waals surface area contributed by atoms with Gasteiger partial charge in [-0.15, -0.1) is 0 Å². The summed E-state index contributed by atoms with van der Waals surface area (Å²) in [6.07, 6.45) is 7.18. The van der Waals surface area contributed by atoms with Crippen molar-refractivity contribution < 1.29 is 4.79 Å². The number of hydrogen-bond donors (Lipinski definition) is 0. The van der Waals surface area contributed by atoms with E-state index in [1.54, 1.807) is 0 Å². The summed E-state index contributed by atoms with van der Waals surface area (Å²) in [6, 6.07) is 0. The van der Waals surface area contributed by atoms with Crippen LogP contribution >= 0.6 is 0 Å². The fourth-order valence-electron chi connectivity index (χ4n) is 3.09. The van der Waals surface area contributed by atoms with Gasteiger partial charge in [-0.2, -0.15) is 0 Å². The van der Waals surface area contributed by atoms with E-state index in [2.05, 4.69) is 6.08 Å². The molecule has 0 amide bonds. The fraction of sp³-hybridized carbons (Fsp3) is 0.700. The summed E-state index contributed by atoms with van der Waals surface area (Å²) in [4.78, 5) is 11.2. The molecule has 0 aromatic rings. The van der Waals surface area contributed by atoms with Crippen LogP contribution in [0.5, 0.6) is 0 Å². The average molecular weight is 148 g/mol. The van der Waals surface area contributed by atoms with E-state index in [4.69, 9.17) is 0 Å². The van der Waals surface area contributed by atoms with Crippen LogP contribution in [0.3, 0.4) is 0 Å². The first-order valence-electron chi connectivity index (χ1n) is 4.59. The summed E-state index contributed by atoms with van der Waals surface area (Å²) >= 11 is 0. The van der Waals surface area contributed by atoms with E-state index in [-0.39, 0.29) is 0 Å². The molecule has 3 aliphatic rings. The van der Waals surface area contributed by atoms with Gasteiger partial charge in [0, 0.05) is 12.3 Å². The third-order valence-corrected chi connectivity index (χ3v) is 3.61. The van der Waals surface area contributed by atoms with Gasteiger partial charge in [-0.1, -0.05) is 18.1 Å². The molecule has 0 N–H and O–H groups in total. The molecule has 11 heavy (non-hydrogen) atoms. The summed E-state index contributed by atoms with van der Waals surface area (Å²) in [5.74, 6) is 2.46. The van der Waals surface area contributed by atoms with E-state index in [0.717, 1.165) is 18.3 Å². The quantitative estimate of drug-likeness (QED) is 0.480. The minimum absolute atomic E-state index is 0.405. The van der Waals surface area contributed by atoms with Gasteiger partial charge in [-0.3, -0.25) is 4.79 Å². The smallest absolute Gasteiger partial charge is 0.144 e. The summed E-state index contributed by atoms with van der Waals surface area (Å²) in [5, 5.41) is 0. The van der Waals surface area contributed by atoms with E-state index in [0.29, 0.717) is 11.7 Å². The fourth-order valence-corrected chi connectivity index (χ4v) is 3.09. The first kappa shape index (κ1) is 5.99. The molecule has 1 nitrogen and oxygen atoms in total. The summed E-state index contributed by atoms with van der Waals surface area (Å²) in [6.45, 7) is 0. The summed E-state index contributed by atoms with van der Waals surface area (Å²) in [5.41, 5.74) is 1.48. The predicted molar refractivity (Wildman–Crippen MR) is 42.0 cm³/mol. The second kappa shape index (κ2) is 1.77. The standard InChI is InChI=1S/C10H12O/c11-9-5-7-4-6-2-1-3-8(6)10(7)9/h4,6,8,10H,1-3,5H2. The van der Waals surface area contributed by atoms with E-state index in [1.807, 2.05) is 0 Å². The second-order valence-corrected chi connectivity index (χ2v) is 4.12. The Kier molecular flexibility index (Phi) is 0.961. The van der Waals surface area contributed by atoms with Crippen molar-refractivity contribution in [3.8, 4) is 0 Å². The van der Waals surface area contributed by atoms with Crippen molar-refractivity contribution in [2.75, 3.05) is 0 Å². The number of Topliss-reactive ketones (excluding diaryl/α,β-unsaturated/α-hetero) is 1. The van der Waals surface area contributed by atoms with Crippen molar-refractivity contribution in [2.45, 2.75) is 25.7 Å². The molecule has 0 aliphatic heterocycles. The number of allylic oxidation sites excluding steroid dienone is 2. The number of ketones is 1. The predicted octanol–water partition coefficient (Wildman–Crippen LogP) is 1.93. The lowest BCUT2D eigenvalue weighted by Gasteiger charge is -2.28. The maximum absolute atomic E-state index is 11.2.